The molecule has 1 aliphatic carbocycles. The summed E-state index contributed by atoms with van der Waals surface area (Å²) in [6.07, 6.45) is 3.87. The molecule has 2 rings (SSSR count). The molecule has 1 fully saturated rings. The summed E-state index contributed by atoms with van der Waals surface area (Å²) in [5.41, 5.74) is 2.46. The Balaban J connectivity index is 2.13. The van der Waals surface area contributed by atoms with E-state index in [1.807, 2.05) is 0 Å². The molecule has 0 spiro atoms. The fourth-order valence-corrected chi connectivity index (χ4v) is 3.62. The predicted molar refractivity (Wildman–Crippen MR) is 90.0 cm³/mol. The molecule has 0 bridgehead atoms. The van der Waals surface area contributed by atoms with Crippen LogP contribution in [0.5, 0.6) is 5.75 Å². The molecule has 0 amide bonds. The van der Waals surface area contributed by atoms with Crippen molar-refractivity contribution < 1.29 is 4.74 Å². The molecule has 1 aromatic rings. The summed E-state index contributed by atoms with van der Waals surface area (Å²) in [5.74, 6) is 2.56. The highest BCUT2D eigenvalue weighted by atomic mass is 16.5. The number of anilines is 1. The molecule has 0 heterocycles. The van der Waals surface area contributed by atoms with E-state index < -0.39 is 0 Å². The second kappa shape index (κ2) is 7.17. The van der Waals surface area contributed by atoms with Crippen LogP contribution < -0.4 is 10.1 Å². The number of hydrogen-bond acceptors (Lipinski definition) is 3. The average Bonchev–Trinajstić information content (AvgIpc) is 2.37. The molecule has 3 heteroatoms. The lowest BCUT2D eigenvalue weighted by Crippen LogP contribution is -2.30. The molecule has 0 aliphatic heterocycles. The third-order valence-electron chi connectivity index (χ3n) is 4.30. The lowest BCUT2D eigenvalue weighted by atomic mass is 9.80. The van der Waals surface area contributed by atoms with Crippen LogP contribution in [0.3, 0.4) is 0 Å². The number of methoxy groups -OCH3 is 1. The van der Waals surface area contributed by atoms with Gasteiger partial charge in [0.25, 0.3) is 0 Å². The van der Waals surface area contributed by atoms with E-state index in [1.54, 1.807) is 7.11 Å². The zero-order valence-electron chi connectivity index (χ0n) is 14.1. The quantitative estimate of drug-likeness (QED) is 0.887. The van der Waals surface area contributed by atoms with E-state index in [4.69, 9.17) is 4.74 Å². The molecule has 2 atom stereocenters. The number of benzene rings is 1. The minimum Gasteiger partial charge on any atom is -0.495 e. The minimum absolute atomic E-state index is 0.562. The van der Waals surface area contributed by atoms with E-state index in [0.29, 0.717) is 6.04 Å². The standard InChI is InChI=1S/C18H30N2O/c1-13-8-14(2)10-16(9-13)19-17-11-15(12-20(3)4)6-7-18(17)21-5/h6-7,11,13-14,16,19H,8-10,12H2,1-5H3. The van der Waals surface area contributed by atoms with Gasteiger partial charge in [-0.2, -0.15) is 0 Å². The van der Waals surface area contributed by atoms with Crippen LogP contribution in [0.15, 0.2) is 18.2 Å². The van der Waals surface area contributed by atoms with Crippen molar-refractivity contribution in [3.63, 3.8) is 0 Å². The molecule has 1 N–H and O–H groups in total. The van der Waals surface area contributed by atoms with Gasteiger partial charge in [0, 0.05) is 12.6 Å². The van der Waals surface area contributed by atoms with Crippen LogP contribution in [-0.4, -0.2) is 32.1 Å². The van der Waals surface area contributed by atoms with E-state index in [2.05, 4.69) is 56.4 Å². The van der Waals surface area contributed by atoms with Crippen LogP contribution in [0.2, 0.25) is 0 Å². The lowest BCUT2D eigenvalue weighted by Gasteiger charge is -2.33. The monoisotopic (exact) mass is 290 g/mol. The maximum absolute atomic E-state index is 5.52. The Bertz CT molecular complexity index is 449. The van der Waals surface area contributed by atoms with Crippen molar-refractivity contribution >= 4 is 5.69 Å². The van der Waals surface area contributed by atoms with Gasteiger partial charge in [-0.05, 0) is 62.9 Å². The smallest absolute Gasteiger partial charge is 0.141 e. The first-order chi connectivity index (χ1) is 9.97. The molecule has 118 valence electrons. The van der Waals surface area contributed by atoms with Gasteiger partial charge in [0.1, 0.15) is 5.75 Å². The first-order valence-electron chi connectivity index (χ1n) is 8.06. The van der Waals surface area contributed by atoms with Crippen LogP contribution >= 0.6 is 0 Å². The maximum atomic E-state index is 5.52. The second-order valence-corrected chi connectivity index (χ2v) is 7.03. The van der Waals surface area contributed by atoms with Gasteiger partial charge in [0.2, 0.25) is 0 Å². The third-order valence-corrected chi connectivity index (χ3v) is 4.30. The average molecular weight is 290 g/mol. The molecule has 2 unspecified atom stereocenters. The van der Waals surface area contributed by atoms with Crippen LogP contribution in [0.25, 0.3) is 0 Å². The predicted octanol–water partition coefficient (Wildman–Crippen LogP) is 3.99. The van der Waals surface area contributed by atoms with Gasteiger partial charge in [-0.15, -0.1) is 0 Å². The largest absolute Gasteiger partial charge is 0.495 e. The van der Waals surface area contributed by atoms with Crippen molar-refractivity contribution in [3.05, 3.63) is 23.8 Å². The Morgan fingerprint density at radius 2 is 1.81 bits per heavy atom. The van der Waals surface area contributed by atoms with Crippen LogP contribution in [0.4, 0.5) is 5.69 Å². The minimum atomic E-state index is 0.562. The zero-order valence-corrected chi connectivity index (χ0v) is 14.1. The zero-order chi connectivity index (χ0) is 15.4. The summed E-state index contributed by atoms with van der Waals surface area (Å²) in [5, 5.41) is 3.73. The highest BCUT2D eigenvalue weighted by molar-refractivity contribution is 5.58. The van der Waals surface area contributed by atoms with Crippen LogP contribution in [0, 0.1) is 11.8 Å². The topological polar surface area (TPSA) is 24.5 Å². The maximum Gasteiger partial charge on any atom is 0.141 e. The normalized spacial score (nSPS) is 25.9. The Labute approximate surface area is 129 Å². The summed E-state index contributed by atoms with van der Waals surface area (Å²) in [7, 11) is 5.95. The van der Waals surface area contributed by atoms with Crippen LogP contribution in [-0.2, 0) is 6.54 Å². The van der Waals surface area contributed by atoms with Crippen molar-refractivity contribution in [2.24, 2.45) is 11.8 Å². The third kappa shape index (κ3) is 4.63. The summed E-state index contributed by atoms with van der Waals surface area (Å²) < 4.78 is 5.52. The van der Waals surface area contributed by atoms with Gasteiger partial charge in [-0.25, -0.2) is 0 Å². The highest BCUT2D eigenvalue weighted by Crippen LogP contribution is 2.33. The van der Waals surface area contributed by atoms with Crippen molar-refractivity contribution in [1.82, 2.24) is 4.90 Å². The number of nitrogens with zero attached hydrogens (tertiary/aromatic N) is 1. The fourth-order valence-electron chi connectivity index (χ4n) is 3.62. The van der Waals surface area contributed by atoms with E-state index in [9.17, 15) is 0 Å². The van der Waals surface area contributed by atoms with Gasteiger partial charge in [0.05, 0.1) is 12.8 Å². The summed E-state index contributed by atoms with van der Waals surface area (Å²) in [6.45, 7) is 5.68. The molecule has 1 aliphatic rings. The van der Waals surface area contributed by atoms with E-state index in [1.165, 1.54) is 24.8 Å². The Kier molecular flexibility index (Phi) is 5.51. The van der Waals surface area contributed by atoms with E-state index in [0.717, 1.165) is 29.8 Å². The summed E-state index contributed by atoms with van der Waals surface area (Å²) in [6, 6.07) is 7.03. The van der Waals surface area contributed by atoms with Gasteiger partial charge in [0.15, 0.2) is 0 Å². The highest BCUT2D eigenvalue weighted by Gasteiger charge is 2.24. The van der Waals surface area contributed by atoms with Gasteiger partial charge in [-0.3, -0.25) is 0 Å². The van der Waals surface area contributed by atoms with Crippen molar-refractivity contribution in [3.8, 4) is 5.75 Å². The first-order valence-corrected chi connectivity index (χ1v) is 8.06. The molecule has 1 saturated carbocycles. The molecular weight excluding hydrogens is 260 g/mol. The molecule has 21 heavy (non-hydrogen) atoms. The van der Waals surface area contributed by atoms with Crippen molar-refractivity contribution in [2.45, 2.75) is 45.7 Å². The second-order valence-electron chi connectivity index (χ2n) is 7.03. The number of nitrogens with one attached hydrogen (secondary N) is 1. The molecule has 1 aromatic carbocycles. The van der Waals surface area contributed by atoms with Crippen molar-refractivity contribution in [2.75, 3.05) is 26.5 Å². The van der Waals surface area contributed by atoms with E-state index >= 15 is 0 Å². The number of ether oxygens (including phenoxy) is 1. The van der Waals surface area contributed by atoms with Gasteiger partial charge >= 0.3 is 0 Å². The Morgan fingerprint density at radius 1 is 1.14 bits per heavy atom. The Morgan fingerprint density at radius 3 is 2.38 bits per heavy atom. The van der Waals surface area contributed by atoms with Crippen molar-refractivity contribution in [1.29, 1.82) is 0 Å². The summed E-state index contributed by atoms with van der Waals surface area (Å²) in [4.78, 5) is 2.19. The molecule has 0 saturated heterocycles. The SMILES string of the molecule is COc1ccc(CN(C)C)cc1NC1CC(C)CC(C)C1. The molecule has 0 aromatic heterocycles. The molecule has 0 radical (unpaired) electrons. The lowest BCUT2D eigenvalue weighted by molar-refractivity contribution is 0.280. The number of rotatable bonds is 5. The molecule has 3 nitrogen and oxygen atoms in total. The fraction of sp³-hybridized carbons (Fsp3) is 0.667. The number of hydrogen-bond donors (Lipinski definition) is 1. The Hall–Kier alpha value is -1.22. The summed E-state index contributed by atoms with van der Waals surface area (Å²) >= 11 is 0. The first kappa shape index (κ1) is 16.2. The van der Waals surface area contributed by atoms with E-state index in [-0.39, 0.29) is 0 Å². The van der Waals surface area contributed by atoms with Gasteiger partial charge in [-0.1, -0.05) is 19.9 Å². The van der Waals surface area contributed by atoms with Gasteiger partial charge < -0.3 is 15.0 Å². The molecular formula is C18H30N2O. The van der Waals surface area contributed by atoms with Crippen LogP contribution in [0.1, 0.15) is 38.7 Å².